The molecule has 0 unspecified atom stereocenters. The number of methoxy groups -OCH3 is 1. The zero-order chi connectivity index (χ0) is 30.8. The molecule has 6 nitrogen and oxygen atoms in total. The summed E-state index contributed by atoms with van der Waals surface area (Å²) >= 11 is 0. The third-order valence-electron chi connectivity index (χ3n) is 8.20. The minimum absolute atomic E-state index is 0.0571. The summed E-state index contributed by atoms with van der Waals surface area (Å²) in [7, 11) is -1.66. The number of hydrogen-bond donors (Lipinski definition) is 0. The highest BCUT2D eigenvalue weighted by Crippen LogP contribution is 2.15. The maximum absolute atomic E-state index is 13.2. The minimum atomic E-state index is -3.31. The Hall–Kier alpha value is -0.210. The number of unbranched alkanes of at least 4 members (excludes halogenated alkanes) is 22. The van der Waals surface area contributed by atoms with Crippen molar-refractivity contribution in [2.24, 2.45) is 0 Å². The fourth-order valence-corrected chi connectivity index (χ4v) is 6.81. The number of hydrogen-bond acceptors (Lipinski definition) is 5. The van der Waals surface area contributed by atoms with Gasteiger partial charge in [0.15, 0.2) is 0 Å². The molecule has 0 atom stereocenters. The van der Waals surface area contributed by atoms with Crippen molar-refractivity contribution in [1.29, 1.82) is 0 Å². The quantitative estimate of drug-likeness (QED) is 0.0653. The Balaban J connectivity index is 4.21. The van der Waals surface area contributed by atoms with Crippen LogP contribution in [0.1, 0.15) is 168 Å². The Morgan fingerprint density at radius 2 is 0.738 bits per heavy atom. The van der Waals surface area contributed by atoms with Crippen LogP contribution in [-0.2, 0) is 24.2 Å². The lowest BCUT2D eigenvalue weighted by Gasteiger charge is -2.22. The molecule has 0 saturated carbocycles. The monoisotopic (exact) mass is 620 g/mol. The highest BCUT2D eigenvalue weighted by molar-refractivity contribution is 7.89. The van der Waals surface area contributed by atoms with Crippen LogP contribution in [-0.4, -0.2) is 71.7 Å². The second-order valence-electron chi connectivity index (χ2n) is 12.2. The lowest BCUT2D eigenvalue weighted by molar-refractivity contribution is 0.0283. The van der Waals surface area contributed by atoms with Gasteiger partial charge >= 0.3 is 0 Å². The Morgan fingerprint density at radius 3 is 1.10 bits per heavy atom. The van der Waals surface area contributed by atoms with E-state index in [9.17, 15) is 8.42 Å². The maximum atomic E-state index is 13.2. The van der Waals surface area contributed by atoms with Crippen LogP contribution in [0.15, 0.2) is 0 Å². The smallest absolute Gasteiger partial charge is 0.216 e. The summed E-state index contributed by atoms with van der Waals surface area (Å²) in [6.07, 6.45) is 31.0. The molecule has 0 radical (unpaired) electrons. The van der Waals surface area contributed by atoms with Crippen LogP contribution in [0.4, 0.5) is 0 Å². The Labute approximate surface area is 263 Å². The van der Waals surface area contributed by atoms with Crippen LogP contribution in [0.3, 0.4) is 0 Å². The van der Waals surface area contributed by atoms with Crippen molar-refractivity contribution in [2.45, 2.75) is 168 Å². The molecule has 0 aliphatic carbocycles. The van der Waals surface area contributed by atoms with Crippen molar-refractivity contribution in [3.63, 3.8) is 0 Å². The zero-order valence-electron chi connectivity index (χ0n) is 28.5. The van der Waals surface area contributed by atoms with Crippen LogP contribution in [0.5, 0.6) is 0 Å². The van der Waals surface area contributed by atoms with E-state index in [1.165, 1.54) is 128 Å². The first-order chi connectivity index (χ1) is 20.6. The predicted molar refractivity (Wildman–Crippen MR) is 181 cm³/mol. The van der Waals surface area contributed by atoms with E-state index in [2.05, 4.69) is 13.8 Å². The molecule has 0 amide bonds. The SMILES string of the molecule is CCCCCCCCCCCCCCN(CCCCCCCCCCCCCC)S(=O)(=O)CCOCCOCCOC. The number of nitrogens with zero attached hydrogens (tertiary/aromatic N) is 1. The van der Waals surface area contributed by atoms with Crippen molar-refractivity contribution >= 4 is 10.0 Å². The van der Waals surface area contributed by atoms with Crippen molar-refractivity contribution in [2.75, 3.05) is 59.0 Å². The van der Waals surface area contributed by atoms with Crippen LogP contribution in [0.25, 0.3) is 0 Å². The Bertz CT molecular complexity index is 589. The summed E-state index contributed by atoms with van der Waals surface area (Å²) < 4.78 is 44.0. The van der Waals surface area contributed by atoms with Crippen molar-refractivity contribution in [1.82, 2.24) is 4.31 Å². The van der Waals surface area contributed by atoms with Gasteiger partial charge in [0, 0.05) is 20.2 Å². The third kappa shape index (κ3) is 29.8. The zero-order valence-corrected chi connectivity index (χ0v) is 29.3. The van der Waals surface area contributed by atoms with Gasteiger partial charge in [0.2, 0.25) is 10.0 Å². The van der Waals surface area contributed by atoms with Gasteiger partial charge in [-0.25, -0.2) is 12.7 Å². The van der Waals surface area contributed by atoms with Crippen molar-refractivity contribution in [3.8, 4) is 0 Å². The summed E-state index contributed by atoms with van der Waals surface area (Å²) in [5.41, 5.74) is 0. The van der Waals surface area contributed by atoms with Gasteiger partial charge in [-0.3, -0.25) is 0 Å². The molecule has 0 N–H and O–H groups in total. The lowest BCUT2D eigenvalue weighted by Crippen LogP contribution is -2.36. The molecule has 0 aliphatic heterocycles. The lowest BCUT2D eigenvalue weighted by atomic mass is 10.1. The maximum Gasteiger partial charge on any atom is 0.216 e. The van der Waals surface area contributed by atoms with E-state index >= 15 is 0 Å². The molecule has 0 heterocycles. The predicted octanol–water partition coefficient (Wildman–Crippen LogP) is 9.70. The largest absolute Gasteiger partial charge is 0.382 e. The first-order valence-corrected chi connectivity index (χ1v) is 19.8. The van der Waals surface area contributed by atoms with E-state index in [1.807, 2.05) is 0 Å². The molecule has 0 bridgehead atoms. The molecule has 0 aromatic carbocycles. The van der Waals surface area contributed by atoms with Crippen LogP contribution < -0.4 is 0 Å². The molecular formula is C35H73NO5S. The molecule has 7 heteroatoms. The number of ether oxygens (including phenoxy) is 3. The average molecular weight is 620 g/mol. The van der Waals surface area contributed by atoms with E-state index in [1.54, 1.807) is 11.4 Å². The summed E-state index contributed by atoms with van der Waals surface area (Å²) in [6, 6.07) is 0. The standard InChI is InChI=1S/C35H73NO5S/c1-4-6-8-10-12-14-16-18-20-22-24-26-28-36(42(37,38)35-34-41-33-32-40-31-30-39-3)29-27-25-23-21-19-17-15-13-11-9-7-5-2/h4-35H2,1-3H3. The molecule has 254 valence electrons. The minimum Gasteiger partial charge on any atom is -0.382 e. The van der Waals surface area contributed by atoms with Gasteiger partial charge < -0.3 is 14.2 Å². The van der Waals surface area contributed by atoms with E-state index in [-0.39, 0.29) is 12.4 Å². The number of sulfonamides is 1. The van der Waals surface area contributed by atoms with Crippen LogP contribution in [0, 0.1) is 0 Å². The normalized spacial score (nSPS) is 12.1. The molecular weight excluding hydrogens is 546 g/mol. The van der Waals surface area contributed by atoms with Gasteiger partial charge in [0.05, 0.1) is 38.8 Å². The first kappa shape index (κ1) is 41.8. The first-order valence-electron chi connectivity index (χ1n) is 18.2. The average Bonchev–Trinajstić information content (AvgIpc) is 2.98. The summed E-state index contributed by atoms with van der Waals surface area (Å²) in [5, 5.41) is 0. The molecule has 0 spiro atoms. The van der Waals surface area contributed by atoms with E-state index in [0.717, 1.165) is 25.7 Å². The third-order valence-corrected chi connectivity index (χ3v) is 10.0. The fraction of sp³-hybridized carbons (Fsp3) is 1.00. The van der Waals surface area contributed by atoms with E-state index in [0.29, 0.717) is 39.5 Å². The van der Waals surface area contributed by atoms with Crippen molar-refractivity contribution in [3.05, 3.63) is 0 Å². The molecule has 0 aromatic heterocycles. The van der Waals surface area contributed by atoms with E-state index < -0.39 is 10.0 Å². The second-order valence-corrected chi connectivity index (χ2v) is 14.3. The van der Waals surface area contributed by atoms with Gasteiger partial charge in [-0.05, 0) is 12.8 Å². The molecule has 0 aliphatic rings. The van der Waals surface area contributed by atoms with E-state index in [4.69, 9.17) is 14.2 Å². The van der Waals surface area contributed by atoms with Gasteiger partial charge in [0.1, 0.15) is 0 Å². The van der Waals surface area contributed by atoms with Gasteiger partial charge in [-0.1, -0.05) is 155 Å². The Kier molecular flexibility index (Phi) is 33.5. The van der Waals surface area contributed by atoms with Gasteiger partial charge in [-0.15, -0.1) is 0 Å². The summed E-state index contributed by atoms with van der Waals surface area (Å²) in [6.45, 7) is 8.03. The second kappa shape index (κ2) is 33.7. The molecule has 0 rings (SSSR count). The Morgan fingerprint density at radius 1 is 0.429 bits per heavy atom. The van der Waals surface area contributed by atoms with Gasteiger partial charge in [0.25, 0.3) is 0 Å². The highest BCUT2D eigenvalue weighted by Gasteiger charge is 2.21. The topological polar surface area (TPSA) is 65.1 Å². The highest BCUT2D eigenvalue weighted by atomic mass is 32.2. The van der Waals surface area contributed by atoms with Crippen molar-refractivity contribution < 1.29 is 22.6 Å². The van der Waals surface area contributed by atoms with Crippen LogP contribution >= 0.6 is 0 Å². The fourth-order valence-electron chi connectivity index (χ4n) is 5.41. The molecule has 0 saturated heterocycles. The molecule has 0 aromatic rings. The van der Waals surface area contributed by atoms with Gasteiger partial charge in [-0.2, -0.15) is 0 Å². The molecule has 0 fully saturated rings. The summed E-state index contributed by atoms with van der Waals surface area (Å²) in [4.78, 5) is 0. The molecule has 42 heavy (non-hydrogen) atoms. The number of rotatable bonds is 36. The van der Waals surface area contributed by atoms with Crippen LogP contribution in [0.2, 0.25) is 0 Å². The summed E-state index contributed by atoms with van der Waals surface area (Å²) in [5.74, 6) is 0.0571.